The van der Waals surface area contributed by atoms with Gasteiger partial charge < -0.3 is 10.3 Å². The molecule has 3 heterocycles. The molecule has 1 aromatic carbocycles. The van der Waals surface area contributed by atoms with E-state index in [0.717, 1.165) is 40.7 Å². The summed E-state index contributed by atoms with van der Waals surface area (Å²) in [4.78, 5) is 29.4. The molecule has 0 saturated heterocycles. The lowest BCUT2D eigenvalue weighted by molar-refractivity contribution is -0.122. The van der Waals surface area contributed by atoms with Crippen LogP contribution < -0.4 is 10.9 Å². The highest BCUT2D eigenvalue weighted by Crippen LogP contribution is 2.36. The van der Waals surface area contributed by atoms with E-state index >= 15 is 0 Å². The summed E-state index contributed by atoms with van der Waals surface area (Å²) in [5.41, 5.74) is 3.51. The van der Waals surface area contributed by atoms with E-state index in [1.165, 1.54) is 27.6 Å². The van der Waals surface area contributed by atoms with Crippen LogP contribution >= 0.6 is 22.9 Å². The first-order valence-electron chi connectivity index (χ1n) is 9.80. The van der Waals surface area contributed by atoms with Crippen LogP contribution in [0.1, 0.15) is 30.1 Å². The van der Waals surface area contributed by atoms with Crippen LogP contribution in [0.2, 0.25) is 5.02 Å². The summed E-state index contributed by atoms with van der Waals surface area (Å²) in [6.45, 7) is -0.120. The molecule has 30 heavy (non-hydrogen) atoms. The van der Waals surface area contributed by atoms with Crippen molar-refractivity contribution in [2.45, 2.75) is 31.8 Å². The summed E-state index contributed by atoms with van der Waals surface area (Å²) in [7, 11) is 0. The number of H-pyrrole nitrogens is 1. The number of rotatable bonds is 4. The largest absolute Gasteiger partial charge is 0.355 e. The zero-order valence-electron chi connectivity index (χ0n) is 16.0. The number of hydrogen-bond acceptors (Lipinski definition) is 4. The van der Waals surface area contributed by atoms with Crippen LogP contribution in [0.25, 0.3) is 21.5 Å². The maximum Gasteiger partial charge on any atom is 0.267 e. The molecule has 152 valence electrons. The number of halogens is 1. The van der Waals surface area contributed by atoms with Crippen LogP contribution in [0, 0.1) is 0 Å². The summed E-state index contributed by atoms with van der Waals surface area (Å²) in [5, 5.41) is 11.2. The van der Waals surface area contributed by atoms with E-state index in [2.05, 4.69) is 21.5 Å². The Morgan fingerprint density at radius 3 is 3.00 bits per heavy atom. The molecule has 2 N–H and O–H groups in total. The Morgan fingerprint density at radius 1 is 1.27 bits per heavy atom. The Kier molecular flexibility index (Phi) is 4.92. The number of aromatic amines is 1. The highest BCUT2D eigenvalue weighted by atomic mass is 35.5. The molecule has 6 nitrogen and oxygen atoms in total. The Bertz CT molecular complexity index is 1290. The second kappa shape index (κ2) is 7.74. The van der Waals surface area contributed by atoms with Gasteiger partial charge in [-0.05, 0) is 48.4 Å². The monoisotopic (exact) mass is 438 g/mol. The molecule has 0 fully saturated rings. The molecule has 0 radical (unpaired) electrons. The SMILES string of the molecule is O=C(Cn1nc(-c2cccs2)ccc1=O)NC1CCCc2c1[nH]c1c(Cl)cccc21. The molecular weight excluding hydrogens is 420 g/mol. The summed E-state index contributed by atoms with van der Waals surface area (Å²) in [6.07, 6.45) is 2.76. The summed E-state index contributed by atoms with van der Waals surface area (Å²) in [5.74, 6) is -0.240. The average molecular weight is 439 g/mol. The van der Waals surface area contributed by atoms with Crippen molar-refractivity contribution < 1.29 is 4.79 Å². The van der Waals surface area contributed by atoms with Crippen molar-refractivity contribution >= 4 is 39.7 Å². The van der Waals surface area contributed by atoms with Crippen molar-refractivity contribution in [2.75, 3.05) is 0 Å². The predicted molar refractivity (Wildman–Crippen MR) is 119 cm³/mol. The number of nitrogens with zero attached hydrogens (tertiary/aromatic N) is 2. The van der Waals surface area contributed by atoms with Crippen molar-refractivity contribution in [1.82, 2.24) is 20.1 Å². The Hall–Kier alpha value is -2.90. The van der Waals surface area contributed by atoms with Gasteiger partial charge in [0.25, 0.3) is 5.56 Å². The maximum atomic E-state index is 12.8. The molecule has 1 amide bonds. The topological polar surface area (TPSA) is 79.8 Å². The van der Waals surface area contributed by atoms with Crippen LogP contribution in [-0.4, -0.2) is 20.7 Å². The third-order valence-electron chi connectivity index (χ3n) is 5.46. The van der Waals surface area contributed by atoms with Gasteiger partial charge >= 0.3 is 0 Å². The van der Waals surface area contributed by atoms with Gasteiger partial charge in [-0.1, -0.05) is 29.8 Å². The molecule has 5 rings (SSSR count). The molecule has 1 aliphatic carbocycles. The molecule has 8 heteroatoms. The highest BCUT2D eigenvalue weighted by Gasteiger charge is 2.26. The number of hydrogen-bond donors (Lipinski definition) is 2. The summed E-state index contributed by atoms with van der Waals surface area (Å²) in [6, 6.07) is 12.7. The van der Waals surface area contributed by atoms with Crippen LogP contribution in [-0.2, 0) is 17.8 Å². The van der Waals surface area contributed by atoms with Gasteiger partial charge in [-0.25, -0.2) is 4.68 Å². The van der Waals surface area contributed by atoms with Crippen LogP contribution in [0.5, 0.6) is 0 Å². The third kappa shape index (κ3) is 3.44. The second-order valence-corrected chi connectivity index (χ2v) is 8.74. The first-order chi connectivity index (χ1) is 14.6. The number of fused-ring (bicyclic) bond motifs is 3. The minimum atomic E-state index is -0.299. The summed E-state index contributed by atoms with van der Waals surface area (Å²) < 4.78 is 1.22. The predicted octanol–water partition coefficient (Wildman–Crippen LogP) is 4.30. The van der Waals surface area contributed by atoms with Gasteiger partial charge in [-0.3, -0.25) is 9.59 Å². The Balaban J connectivity index is 1.39. The molecule has 0 saturated carbocycles. The minimum Gasteiger partial charge on any atom is -0.355 e. The zero-order chi connectivity index (χ0) is 20.7. The number of thiophene rings is 1. The van der Waals surface area contributed by atoms with Crippen LogP contribution in [0.4, 0.5) is 0 Å². The normalized spacial score (nSPS) is 15.8. The quantitative estimate of drug-likeness (QED) is 0.498. The second-order valence-electron chi connectivity index (χ2n) is 7.38. The van der Waals surface area contributed by atoms with E-state index in [1.807, 2.05) is 29.6 Å². The number of benzene rings is 1. The van der Waals surface area contributed by atoms with Gasteiger partial charge in [-0.2, -0.15) is 5.10 Å². The van der Waals surface area contributed by atoms with E-state index < -0.39 is 0 Å². The maximum absolute atomic E-state index is 12.8. The zero-order valence-corrected chi connectivity index (χ0v) is 17.6. The summed E-state index contributed by atoms with van der Waals surface area (Å²) >= 11 is 7.89. The van der Waals surface area contributed by atoms with Gasteiger partial charge in [-0.15, -0.1) is 11.3 Å². The standard InChI is InChI=1S/C22H19ClN4O2S/c23-15-6-1-4-13-14-5-2-7-17(22(14)25-21(13)15)24-19(28)12-27-20(29)10-9-16(26-27)18-8-3-11-30-18/h1,3-4,6,8-11,17,25H,2,5,7,12H2,(H,24,28). The van der Waals surface area contributed by atoms with Crippen molar-refractivity contribution in [2.24, 2.45) is 0 Å². The van der Waals surface area contributed by atoms with Crippen molar-refractivity contribution in [3.63, 3.8) is 0 Å². The molecule has 0 aliphatic heterocycles. The lowest BCUT2D eigenvalue weighted by Gasteiger charge is -2.24. The van der Waals surface area contributed by atoms with Gasteiger partial charge in [0.2, 0.25) is 5.91 Å². The van der Waals surface area contributed by atoms with Crippen molar-refractivity contribution in [3.8, 4) is 10.6 Å². The molecule has 1 unspecified atom stereocenters. The van der Waals surface area contributed by atoms with E-state index in [0.29, 0.717) is 10.7 Å². The number of aryl methyl sites for hydroxylation is 1. The highest BCUT2D eigenvalue weighted by molar-refractivity contribution is 7.13. The van der Waals surface area contributed by atoms with E-state index in [1.54, 1.807) is 6.07 Å². The van der Waals surface area contributed by atoms with E-state index in [4.69, 9.17) is 11.6 Å². The molecule has 0 spiro atoms. The van der Waals surface area contributed by atoms with Gasteiger partial charge in [0.1, 0.15) is 12.2 Å². The number of carbonyl (C=O) groups excluding carboxylic acids is 1. The number of aromatic nitrogens is 3. The fraction of sp³-hybridized carbons (Fsp3) is 0.227. The number of para-hydroxylation sites is 1. The molecule has 4 aromatic rings. The molecular formula is C22H19ClN4O2S. The molecule has 1 atom stereocenters. The van der Waals surface area contributed by atoms with Gasteiger partial charge in [0.05, 0.1) is 21.5 Å². The average Bonchev–Trinajstić information content (AvgIpc) is 3.39. The van der Waals surface area contributed by atoms with Gasteiger partial charge in [0.15, 0.2) is 0 Å². The Labute approximate surface area is 181 Å². The number of amides is 1. The molecule has 1 aliphatic rings. The fourth-order valence-corrected chi connectivity index (χ4v) is 5.00. The first-order valence-corrected chi connectivity index (χ1v) is 11.1. The van der Waals surface area contributed by atoms with Crippen LogP contribution in [0.15, 0.2) is 52.6 Å². The number of carbonyl (C=O) groups is 1. The van der Waals surface area contributed by atoms with E-state index in [-0.39, 0.29) is 24.1 Å². The van der Waals surface area contributed by atoms with Crippen molar-refractivity contribution in [1.29, 1.82) is 0 Å². The Morgan fingerprint density at radius 2 is 2.17 bits per heavy atom. The van der Waals surface area contributed by atoms with Crippen LogP contribution in [0.3, 0.4) is 0 Å². The smallest absolute Gasteiger partial charge is 0.267 e. The molecule has 3 aromatic heterocycles. The van der Waals surface area contributed by atoms with E-state index in [9.17, 15) is 9.59 Å². The van der Waals surface area contributed by atoms with Crippen molar-refractivity contribution in [3.05, 3.63) is 74.5 Å². The minimum absolute atomic E-state index is 0.120. The lowest BCUT2D eigenvalue weighted by atomic mass is 9.91. The first kappa shape index (κ1) is 19.1. The fourth-order valence-electron chi connectivity index (χ4n) is 4.09. The third-order valence-corrected chi connectivity index (χ3v) is 6.67. The lowest BCUT2D eigenvalue weighted by Crippen LogP contribution is -2.36. The number of nitrogens with one attached hydrogen (secondary N) is 2. The van der Waals surface area contributed by atoms with Gasteiger partial charge in [0, 0.05) is 17.1 Å². The molecule has 0 bridgehead atoms.